The van der Waals surface area contributed by atoms with E-state index in [-0.39, 0.29) is 12.4 Å². The topological polar surface area (TPSA) is 128 Å². The summed E-state index contributed by atoms with van der Waals surface area (Å²) in [5.74, 6) is -1.22. The molecule has 5 N–H and O–H groups in total. The number of ketones is 1. The molecule has 0 radical (unpaired) electrons. The number of carboxylic acid groups (broad SMARTS) is 1. The van der Waals surface area contributed by atoms with Crippen LogP contribution in [0, 0.1) is 40.8 Å². The van der Waals surface area contributed by atoms with Crippen molar-refractivity contribution in [1.82, 2.24) is 0 Å². The summed E-state index contributed by atoms with van der Waals surface area (Å²) in [6.07, 6.45) is 0. The first kappa shape index (κ1) is 28.1. The lowest BCUT2D eigenvalue weighted by molar-refractivity contribution is -0.138. The van der Waals surface area contributed by atoms with Gasteiger partial charge in [0.15, 0.2) is 17.2 Å². The van der Waals surface area contributed by atoms with Gasteiger partial charge in [-0.15, -0.1) is 0 Å². The number of benzene rings is 2. The Morgan fingerprint density at radius 3 is 1.47 bits per heavy atom. The van der Waals surface area contributed by atoms with E-state index >= 15 is 0 Å². The molecule has 2 rings (SSSR count). The van der Waals surface area contributed by atoms with Crippen molar-refractivity contribution >= 4 is 34.5 Å². The van der Waals surface area contributed by atoms with E-state index in [1.54, 1.807) is 24.3 Å². The van der Waals surface area contributed by atoms with Crippen molar-refractivity contribution in [2.24, 2.45) is 0 Å². The summed E-state index contributed by atoms with van der Waals surface area (Å²) in [5.41, 5.74) is 6.01. The van der Waals surface area contributed by atoms with Gasteiger partial charge in [0.1, 0.15) is 12.1 Å². The number of hydrogen-bond donors (Lipinski definition) is 5. The molecule has 0 aliphatic carbocycles. The first-order valence-electron chi connectivity index (χ1n) is 10.5. The number of aliphatic hydroxyl groups is 2. The number of carbonyl (C=O) groups excluding carboxylic acids is 1. The van der Waals surface area contributed by atoms with Crippen LogP contribution >= 0.6 is 0 Å². The zero-order valence-electron chi connectivity index (χ0n) is 19.9. The van der Waals surface area contributed by atoms with Gasteiger partial charge in [-0.1, -0.05) is 12.1 Å². The smallest absolute Gasteiger partial charge is 0.328 e. The van der Waals surface area contributed by atoms with Crippen LogP contribution in [0.1, 0.15) is 29.2 Å². The molecule has 0 amide bonds. The molecule has 2 atom stereocenters. The molecule has 9 nitrogen and oxygen atoms in total. The summed E-state index contributed by atoms with van der Waals surface area (Å²) in [5, 5.41) is 32.6. The van der Waals surface area contributed by atoms with E-state index in [9.17, 15) is 9.59 Å². The Bertz CT molecular complexity index is 1040. The van der Waals surface area contributed by atoms with Gasteiger partial charge in [-0.25, -0.2) is 14.5 Å². The summed E-state index contributed by atoms with van der Waals surface area (Å²) in [6.45, 7) is 22.1. The SMILES string of the molecule is [C-]#[N+]c1ccc(N[C@H](CO)C(=O)O)c(C)c1C.[C-]#[N+]c1ccc(N[C@H](CO)C(C)=O)c(C)c1C. The number of anilines is 2. The molecule has 2 aromatic carbocycles. The second-order valence-corrected chi connectivity index (χ2v) is 7.70. The first-order valence-corrected chi connectivity index (χ1v) is 10.5. The maximum atomic E-state index is 11.2. The lowest BCUT2D eigenvalue weighted by atomic mass is 10.0. The molecule has 0 aliphatic heterocycles. The van der Waals surface area contributed by atoms with Crippen LogP contribution < -0.4 is 10.6 Å². The van der Waals surface area contributed by atoms with Gasteiger partial charge in [-0.2, -0.15) is 0 Å². The maximum absolute atomic E-state index is 11.2. The van der Waals surface area contributed by atoms with Gasteiger partial charge in [-0.3, -0.25) is 4.79 Å². The van der Waals surface area contributed by atoms with Crippen LogP contribution in [-0.2, 0) is 9.59 Å². The van der Waals surface area contributed by atoms with Crippen LogP contribution in [0.15, 0.2) is 24.3 Å². The fraction of sp³-hybridized carbons (Fsp3) is 0.360. The van der Waals surface area contributed by atoms with Crippen LogP contribution in [0.3, 0.4) is 0 Å². The Kier molecular flexibility index (Phi) is 10.7. The van der Waals surface area contributed by atoms with Crippen molar-refractivity contribution < 1.29 is 24.9 Å². The molecule has 0 heterocycles. The third kappa shape index (κ3) is 7.04. The molecule has 0 fully saturated rings. The number of nitrogens with one attached hydrogen (secondary N) is 2. The second kappa shape index (κ2) is 12.9. The van der Waals surface area contributed by atoms with E-state index < -0.39 is 24.7 Å². The van der Waals surface area contributed by atoms with E-state index in [0.29, 0.717) is 17.1 Å². The van der Waals surface area contributed by atoms with Crippen molar-refractivity contribution in [2.45, 2.75) is 46.7 Å². The van der Waals surface area contributed by atoms with Crippen molar-refractivity contribution in [2.75, 3.05) is 23.8 Å². The number of carbonyl (C=O) groups is 2. The molecule has 2 aromatic rings. The lowest BCUT2D eigenvalue weighted by Crippen LogP contribution is -2.33. The number of hydrogen-bond acceptors (Lipinski definition) is 6. The van der Waals surface area contributed by atoms with Gasteiger partial charge in [0.2, 0.25) is 0 Å². The highest BCUT2D eigenvalue weighted by Gasteiger charge is 2.17. The fourth-order valence-corrected chi connectivity index (χ4v) is 3.00. The summed E-state index contributed by atoms with van der Waals surface area (Å²) in [7, 11) is 0. The van der Waals surface area contributed by atoms with E-state index in [1.165, 1.54) is 6.92 Å². The zero-order chi connectivity index (χ0) is 26.0. The van der Waals surface area contributed by atoms with Gasteiger partial charge in [-0.05, 0) is 69.0 Å². The van der Waals surface area contributed by atoms with E-state index in [0.717, 1.165) is 27.9 Å². The van der Waals surface area contributed by atoms with Gasteiger partial charge >= 0.3 is 5.97 Å². The zero-order valence-corrected chi connectivity index (χ0v) is 19.9. The number of carboxylic acids is 1. The lowest BCUT2D eigenvalue weighted by Gasteiger charge is -2.18. The van der Waals surface area contributed by atoms with Gasteiger partial charge in [0.25, 0.3) is 0 Å². The van der Waals surface area contributed by atoms with Gasteiger partial charge < -0.3 is 26.0 Å². The van der Waals surface area contributed by atoms with Crippen molar-refractivity contribution in [3.8, 4) is 0 Å². The molecule has 0 spiro atoms. The minimum Gasteiger partial charge on any atom is -0.480 e. The Balaban J connectivity index is 0.000000340. The highest BCUT2D eigenvalue weighted by Crippen LogP contribution is 2.29. The van der Waals surface area contributed by atoms with Crippen LogP contribution in [0.4, 0.5) is 22.7 Å². The Labute approximate surface area is 199 Å². The van der Waals surface area contributed by atoms with Crippen molar-refractivity contribution in [3.05, 3.63) is 69.4 Å². The van der Waals surface area contributed by atoms with Crippen LogP contribution in [0.25, 0.3) is 9.69 Å². The quantitative estimate of drug-likeness (QED) is 0.373. The molecule has 9 heteroatoms. The maximum Gasteiger partial charge on any atom is 0.328 e. The molecule has 0 unspecified atom stereocenters. The Hall–Kier alpha value is -3.92. The Morgan fingerprint density at radius 1 is 0.794 bits per heavy atom. The normalized spacial score (nSPS) is 11.7. The molecule has 0 saturated heterocycles. The van der Waals surface area contributed by atoms with Gasteiger partial charge in [0, 0.05) is 11.4 Å². The molecule has 0 aliphatic rings. The third-order valence-electron chi connectivity index (χ3n) is 5.57. The average molecular weight is 467 g/mol. The van der Waals surface area contributed by atoms with Crippen LogP contribution in [0.2, 0.25) is 0 Å². The molecule has 0 saturated carbocycles. The molecule has 0 aromatic heterocycles. The molecular formula is C25H30N4O5. The first-order chi connectivity index (χ1) is 16.0. The highest BCUT2D eigenvalue weighted by atomic mass is 16.4. The molecule has 180 valence electrons. The summed E-state index contributed by atoms with van der Waals surface area (Å²) >= 11 is 0. The van der Waals surface area contributed by atoms with E-state index in [4.69, 9.17) is 28.5 Å². The summed E-state index contributed by atoms with van der Waals surface area (Å²) < 4.78 is 0. The monoisotopic (exact) mass is 466 g/mol. The fourth-order valence-electron chi connectivity index (χ4n) is 3.00. The predicted molar refractivity (Wildman–Crippen MR) is 132 cm³/mol. The predicted octanol–water partition coefficient (Wildman–Crippen LogP) is 3.93. The summed E-state index contributed by atoms with van der Waals surface area (Å²) in [6, 6.07) is 5.14. The second-order valence-electron chi connectivity index (χ2n) is 7.70. The largest absolute Gasteiger partial charge is 0.480 e. The molecular weight excluding hydrogens is 436 g/mol. The number of aliphatic carboxylic acids is 1. The third-order valence-corrected chi connectivity index (χ3v) is 5.57. The van der Waals surface area contributed by atoms with Crippen LogP contribution in [-0.4, -0.2) is 52.4 Å². The summed E-state index contributed by atoms with van der Waals surface area (Å²) in [4.78, 5) is 28.8. The minimum absolute atomic E-state index is 0.112. The van der Waals surface area contributed by atoms with Crippen LogP contribution in [0.5, 0.6) is 0 Å². The Morgan fingerprint density at radius 2 is 1.18 bits per heavy atom. The van der Waals surface area contributed by atoms with E-state index in [2.05, 4.69) is 20.3 Å². The molecule has 0 bridgehead atoms. The average Bonchev–Trinajstić information content (AvgIpc) is 2.81. The minimum atomic E-state index is -1.11. The van der Waals surface area contributed by atoms with Gasteiger partial charge in [0.05, 0.1) is 26.4 Å². The van der Waals surface area contributed by atoms with E-state index in [1.807, 2.05) is 27.7 Å². The number of Topliss-reactive ketones (excluding diaryl/α,β-unsaturated/α-hetero) is 1. The standard InChI is InChI=1S/C13H16N2O2.C12H14N2O3/c1-8-9(2)12(6-5-11(8)14-4)15-13(7-16)10(3)17;1-7-8(2)10(5-4-9(7)13-3)14-11(6-15)12(16)17/h5-6,13,15-16H,7H2,1-3H3;4-5,11,14-15H,6H2,1-2H3,(H,16,17)/t13-;11-/m11/s1. The highest BCUT2D eigenvalue weighted by molar-refractivity contribution is 5.85. The van der Waals surface area contributed by atoms with Crippen molar-refractivity contribution in [3.63, 3.8) is 0 Å². The van der Waals surface area contributed by atoms with Crippen molar-refractivity contribution in [1.29, 1.82) is 0 Å². The molecule has 34 heavy (non-hydrogen) atoms. The number of aliphatic hydroxyl groups excluding tert-OH is 2. The number of rotatable bonds is 8. The number of nitrogens with zero attached hydrogens (tertiary/aromatic N) is 2.